The maximum atomic E-state index is 12.9. The number of carbonyl (C=O) groups is 2. The molecule has 3 rings (SSSR count). The van der Waals surface area contributed by atoms with Gasteiger partial charge in [0.05, 0.1) is 23.6 Å². The zero-order valence-corrected chi connectivity index (χ0v) is 14.9. The predicted molar refractivity (Wildman–Crippen MR) is 98.4 cm³/mol. The molecule has 26 heavy (non-hydrogen) atoms. The summed E-state index contributed by atoms with van der Waals surface area (Å²) in [6.07, 6.45) is 1.48. The Kier molecular flexibility index (Phi) is 4.71. The molecule has 0 aliphatic rings. The van der Waals surface area contributed by atoms with E-state index in [4.69, 9.17) is 5.11 Å². The highest BCUT2D eigenvalue weighted by molar-refractivity contribution is 6.12. The molecule has 7 nitrogen and oxygen atoms in total. The fraction of sp³-hybridized carbons (Fsp3) is 0.263. The summed E-state index contributed by atoms with van der Waals surface area (Å²) in [4.78, 5) is 28.4. The van der Waals surface area contributed by atoms with Crippen molar-refractivity contribution < 1.29 is 14.7 Å². The number of benzene rings is 1. The van der Waals surface area contributed by atoms with Gasteiger partial charge >= 0.3 is 5.97 Å². The summed E-state index contributed by atoms with van der Waals surface area (Å²) in [5, 5.41) is 16.9. The van der Waals surface area contributed by atoms with Crippen molar-refractivity contribution in [2.75, 3.05) is 5.32 Å². The number of aryl methyl sites for hydroxylation is 1. The minimum atomic E-state index is -0.952. The minimum Gasteiger partial charge on any atom is -0.481 e. The normalized spacial score (nSPS) is 11.1. The van der Waals surface area contributed by atoms with Gasteiger partial charge < -0.3 is 10.4 Å². The van der Waals surface area contributed by atoms with E-state index in [9.17, 15) is 9.59 Å². The maximum absolute atomic E-state index is 12.9. The first-order chi connectivity index (χ1) is 12.4. The van der Waals surface area contributed by atoms with E-state index in [1.807, 2.05) is 20.8 Å². The van der Waals surface area contributed by atoms with Gasteiger partial charge in [-0.2, -0.15) is 5.10 Å². The Morgan fingerprint density at radius 2 is 2.00 bits per heavy atom. The van der Waals surface area contributed by atoms with Gasteiger partial charge in [-0.3, -0.25) is 9.59 Å². The van der Waals surface area contributed by atoms with Crippen LogP contribution in [0.5, 0.6) is 0 Å². The highest BCUT2D eigenvalue weighted by Gasteiger charge is 2.18. The van der Waals surface area contributed by atoms with Gasteiger partial charge in [-0.25, -0.2) is 9.67 Å². The topological polar surface area (TPSA) is 97.1 Å². The smallest absolute Gasteiger partial charge is 0.307 e. The number of para-hydroxylation sites is 1. The van der Waals surface area contributed by atoms with E-state index >= 15 is 0 Å². The van der Waals surface area contributed by atoms with Crippen LogP contribution in [0.3, 0.4) is 0 Å². The number of nitrogens with one attached hydrogen (secondary N) is 1. The molecule has 2 N–H and O–H groups in total. The fourth-order valence-electron chi connectivity index (χ4n) is 2.86. The van der Waals surface area contributed by atoms with Crippen molar-refractivity contribution in [2.45, 2.75) is 33.2 Å². The van der Waals surface area contributed by atoms with Crippen molar-refractivity contribution in [1.82, 2.24) is 14.8 Å². The second-order valence-electron chi connectivity index (χ2n) is 6.41. The summed E-state index contributed by atoms with van der Waals surface area (Å²) >= 11 is 0. The summed E-state index contributed by atoms with van der Waals surface area (Å²) in [6.45, 7) is 5.82. The molecule has 0 aliphatic carbocycles. The molecule has 0 radical (unpaired) electrons. The van der Waals surface area contributed by atoms with Crippen LogP contribution >= 0.6 is 0 Å². The van der Waals surface area contributed by atoms with Gasteiger partial charge in [0.25, 0.3) is 5.91 Å². The molecule has 2 heterocycles. The lowest BCUT2D eigenvalue weighted by Gasteiger charge is -2.11. The van der Waals surface area contributed by atoms with E-state index in [1.165, 1.54) is 0 Å². The number of nitrogens with zero attached hydrogens (tertiary/aromatic N) is 3. The van der Waals surface area contributed by atoms with Crippen LogP contribution in [0.15, 0.2) is 36.5 Å². The van der Waals surface area contributed by atoms with Crippen molar-refractivity contribution in [2.24, 2.45) is 0 Å². The van der Waals surface area contributed by atoms with E-state index in [0.717, 1.165) is 0 Å². The molecule has 0 bridgehead atoms. The average Bonchev–Trinajstić information content (AvgIpc) is 2.99. The van der Waals surface area contributed by atoms with Crippen molar-refractivity contribution in [3.05, 3.63) is 53.3 Å². The Bertz CT molecular complexity index is 992. The molecular weight excluding hydrogens is 332 g/mol. The number of amides is 1. The first kappa shape index (κ1) is 17.6. The van der Waals surface area contributed by atoms with Crippen LogP contribution < -0.4 is 5.32 Å². The molecule has 0 saturated heterocycles. The molecular formula is C19H20N4O3. The number of fused-ring (bicyclic) bond motifs is 1. The largest absolute Gasteiger partial charge is 0.481 e. The van der Waals surface area contributed by atoms with E-state index in [1.54, 1.807) is 41.2 Å². The van der Waals surface area contributed by atoms with Crippen LogP contribution in [-0.2, 0) is 11.2 Å². The molecule has 0 atom stereocenters. The SMILES string of the molecule is Cc1cc(C(=O)Nc2ccccc2CC(=O)O)c2cnn(C(C)C)c2n1. The second-order valence-corrected chi connectivity index (χ2v) is 6.41. The number of rotatable bonds is 5. The van der Waals surface area contributed by atoms with Crippen LogP contribution in [-0.4, -0.2) is 31.7 Å². The van der Waals surface area contributed by atoms with Gasteiger partial charge in [-0.05, 0) is 38.5 Å². The molecule has 1 amide bonds. The summed E-state index contributed by atoms with van der Waals surface area (Å²) in [7, 11) is 0. The quantitative estimate of drug-likeness (QED) is 0.735. The predicted octanol–water partition coefficient (Wildman–Crippen LogP) is 3.20. The zero-order valence-electron chi connectivity index (χ0n) is 14.9. The van der Waals surface area contributed by atoms with E-state index in [0.29, 0.717) is 33.5 Å². The van der Waals surface area contributed by atoms with Crippen LogP contribution in [0.2, 0.25) is 0 Å². The highest BCUT2D eigenvalue weighted by atomic mass is 16.4. The summed E-state index contributed by atoms with van der Waals surface area (Å²) in [5.74, 6) is -1.27. The number of pyridine rings is 1. The number of aliphatic carboxylic acids is 1. The van der Waals surface area contributed by atoms with Crippen LogP contribution in [0, 0.1) is 6.92 Å². The average molecular weight is 352 g/mol. The standard InChI is InChI=1S/C19H20N4O3/c1-11(2)23-18-15(10-20-23)14(8-12(3)21-18)19(26)22-16-7-5-4-6-13(16)9-17(24)25/h4-8,10-11H,9H2,1-3H3,(H,22,26)(H,24,25). The van der Waals surface area contributed by atoms with Crippen molar-refractivity contribution in [1.29, 1.82) is 0 Å². The Hall–Kier alpha value is -3.22. The molecule has 0 fully saturated rings. The Morgan fingerprint density at radius 1 is 1.27 bits per heavy atom. The number of hydrogen-bond acceptors (Lipinski definition) is 4. The molecule has 0 unspecified atom stereocenters. The number of anilines is 1. The number of aromatic nitrogens is 3. The molecule has 0 saturated carbocycles. The van der Waals surface area contributed by atoms with Gasteiger partial charge in [0.15, 0.2) is 5.65 Å². The van der Waals surface area contributed by atoms with Gasteiger partial charge in [-0.15, -0.1) is 0 Å². The third-order valence-electron chi connectivity index (χ3n) is 4.04. The molecule has 1 aromatic carbocycles. The number of carboxylic acids is 1. The third kappa shape index (κ3) is 3.42. The summed E-state index contributed by atoms with van der Waals surface area (Å²) < 4.78 is 1.78. The van der Waals surface area contributed by atoms with Gasteiger partial charge in [0, 0.05) is 17.4 Å². The van der Waals surface area contributed by atoms with Crippen molar-refractivity contribution >= 4 is 28.6 Å². The lowest BCUT2D eigenvalue weighted by atomic mass is 10.1. The molecule has 2 aromatic heterocycles. The second kappa shape index (κ2) is 6.95. The highest BCUT2D eigenvalue weighted by Crippen LogP contribution is 2.23. The van der Waals surface area contributed by atoms with E-state index < -0.39 is 5.97 Å². The first-order valence-electron chi connectivity index (χ1n) is 8.32. The van der Waals surface area contributed by atoms with Gasteiger partial charge in [0.1, 0.15) is 0 Å². The lowest BCUT2D eigenvalue weighted by Crippen LogP contribution is -2.15. The zero-order chi connectivity index (χ0) is 18.8. The number of carboxylic acid groups (broad SMARTS) is 1. The number of hydrogen-bond donors (Lipinski definition) is 2. The van der Waals surface area contributed by atoms with Crippen LogP contribution in [0.1, 0.15) is 41.5 Å². The maximum Gasteiger partial charge on any atom is 0.307 e. The molecule has 3 aromatic rings. The first-order valence-corrected chi connectivity index (χ1v) is 8.32. The van der Waals surface area contributed by atoms with Crippen molar-refractivity contribution in [3.8, 4) is 0 Å². The third-order valence-corrected chi connectivity index (χ3v) is 4.04. The number of carbonyl (C=O) groups excluding carboxylic acids is 1. The summed E-state index contributed by atoms with van der Waals surface area (Å²) in [5.41, 5.74) is 2.87. The van der Waals surface area contributed by atoms with E-state index in [-0.39, 0.29) is 18.4 Å². The molecule has 0 aliphatic heterocycles. The Morgan fingerprint density at radius 3 is 2.69 bits per heavy atom. The molecule has 134 valence electrons. The Labute approximate surface area is 150 Å². The summed E-state index contributed by atoms with van der Waals surface area (Å²) in [6, 6.07) is 8.71. The van der Waals surface area contributed by atoms with Gasteiger partial charge in [0.2, 0.25) is 0 Å². The lowest BCUT2D eigenvalue weighted by molar-refractivity contribution is -0.136. The molecule has 7 heteroatoms. The Balaban J connectivity index is 2.00. The van der Waals surface area contributed by atoms with Crippen LogP contribution in [0.4, 0.5) is 5.69 Å². The monoisotopic (exact) mass is 352 g/mol. The minimum absolute atomic E-state index is 0.119. The van der Waals surface area contributed by atoms with Gasteiger partial charge in [-0.1, -0.05) is 18.2 Å². The van der Waals surface area contributed by atoms with E-state index in [2.05, 4.69) is 15.4 Å². The van der Waals surface area contributed by atoms with Crippen LogP contribution in [0.25, 0.3) is 11.0 Å². The fourth-order valence-corrected chi connectivity index (χ4v) is 2.86. The molecule has 0 spiro atoms. The van der Waals surface area contributed by atoms with Crippen molar-refractivity contribution in [3.63, 3.8) is 0 Å².